The van der Waals surface area contributed by atoms with E-state index in [9.17, 15) is 4.79 Å². The van der Waals surface area contributed by atoms with Crippen LogP contribution in [0.25, 0.3) is 0 Å². The first kappa shape index (κ1) is 15.8. The zero-order valence-corrected chi connectivity index (χ0v) is 12.9. The number of nitrogens with one attached hydrogen (secondary N) is 1. The molecule has 5 nitrogen and oxygen atoms in total. The molecule has 0 bridgehead atoms. The minimum Gasteiger partial charge on any atom is -0.493 e. The molecule has 1 saturated heterocycles. The van der Waals surface area contributed by atoms with E-state index in [1.807, 2.05) is 12.1 Å². The van der Waals surface area contributed by atoms with E-state index < -0.39 is 0 Å². The van der Waals surface area contributed by atoms with Crippen LogP contribution < -0.4 is 14.8 Å². The summed E-state index contributed by atoms with van der Waals surface area (Å²) in [7, 11) is 1.60. The molecular weight excluding hydrogens is 268 g/mol. The molecule has 21 heavy (non-hydrogen) atoms. The minimum absolute atomic E-state index is 0.122. The SMILES string of the molecule is CCCOc1ccc(C(=O)CN2CCNCC2)cc1OC. The lowest BCUT2D eigenvalue weighted by molar-refractivity contribution is 0.0921. The van der Waals surface area contributed by atoms with E-state index in [-0.39, 0.29) is 5.78 Å². The standard InChI is InChI=1S/C16H24N2O3/c1-3-10-21-15-5-4-13(11-16(15)20-2)14(19)12-18-8-6-17-7-9-18/h4-5,11,17H,3,6-10,12H2,1-2H3. The monoisotopic (exact) mass is 292 g/mol. The number of carbonyl (C=O) groups excluding carboxylic acids is 1. The summed E-state index contributed by atoms with van der Waals surface area (Å²) in [6.45, 7) is 6.88. The van der Waals surface area contributed by atoms with Gasteiger partial charge >= 0.3 is 0 Å². The van der Waals surface area contributed by atoms with Gasteiger partial charge in [0, 0.05) is 31.7 Å². The maximum Gasteiger partial charge on any atom is 0.176 e. The Bertz CT molecular complexity index is 471. The number of methoxy groups -OCH3 is 1. The summed E-state index contributed by atoms with van der Waals surface area (Å²) in [5.74, 6) is 1.44. The van der Waals surface area contributed by atoms with Crippen molar-refractivity contribution < 1.29 is 14.3 Å². The third kappa shape index (κ3) is 4.44. The van der Waals surface area contributed by atoms with Gasteiger partial charge in [0.2, 0.25) is 0 Å². The largest absolute Gasteiger partial charge is 0.493 e. The van der Waals surface area contributed by atoms with Crippen LogP contribution in [0.2, 0.25) is 0 Å². The van der Waals surface area contributed by atoms with E-state index in [0.717, 1.165) is 32.6 Å². The number of carbonyl (C=O) groups is 1. The van der Waals surface area contributed by atoms with Crippen LogP contribution >= 0.6 is 0 Å². The maximum absolute atomic E-state index is 12.3. The van der Waals surface area contributed by atoms with Gasteiger partial charge in [0.05, 0.1) is 20.3 Å². The summed E-state index contributed by atoms with van der Waals surface area (Å²) in [5.41, 5.74) is 0.675. The lowest BCUT2D eigenvalue weighted by Crippen LogP contribution is -2.45. The Labute approximate surface area is 126 Å². The molecule has 1 aromatic rings. The smallest absolute Gasteiger partial charge is 0.176 e. The van der Waals surface area contributed by atoms with Crippen LogP contribution in [-0.4, -0.2) is 57.1 Å². The molecule has 0 atom stereocenters. The van der Waals surface area contributed by atoms with Crippen molar-refractivity contribution in [2.75, 3.05) is 46.4 Å². The Hall–Kier alpha value is -1.59. The van der Waals surface area contributed by atoms with Crippen LogP contribution in [0.5, 0.6) is 11.5 Å². The molecule has 1 aliphatic heterocycles. The lowest BCUT2D eigenvalue weighted by Gasteiger charge is -2.26. The molecule has 0 amide bonds. The summed E-state index contributed by atoms with van der Waals surface area (Å²) >= 11 is 0. The van der Waals surface area contributed by atoms with Crippen molar-refractivity contribution in [3.63, 3.8) is 0 Å². The number of ketones is 1. The average Bonchev–Trinajstić information content (AvgIpc) is 2.53. The van der Waals surface area contributed by atoms with E-state index in [2.05, 4.69) is 17.1 Å². The molecule has 5 heteroatoms. The minimum atomic E-state index is 0.122. The highest BCUT2D eigenvalue weighted by Gasteiger charge is 2.16. The fraction of sp³-hybridized carbons (Fsp3) is 0.562. The predicted molar refractivity (Wildman–Crippen MR) is 82.4 cm³/mol. The van der Waals surface area contributed by atoms with Gasteiger partial charge in [-0.3, -0.25) is 9.69 Å². The third-order valence-corrected chi connectivity index (χ3v) is 3.52. The maximum atomic E-state index is 12.3. The fourth-order valence-corrected chi connectivity index (χ4v) is 2.34. The molecule has 0 aliphatic carbocycles. The van der Waals surface area contributed by atoms with Crippen molar-refractivity contribution in [1.29, 1.82) is 0 Å². The molecule has 1 fully saturated rings. The van der Waals surface area contributed by atoms with Crippen LogP contribution in [-0.2, 0) is 0 Å². The van der Waals surface area contributed by atoms with Crippen LogP contribution in [0.1, 0.15) is 23.7 Å². The van der Waals surface area contributed by atoms with Crippen LogP contribution in [0.15, 0.2) is 18.2 Å². The fourth-order valence-electron chi connectivity index (χ4n) is 2.34. The van der Waals surface area contributed by atoms with Gasteiger partial charge in [-0.2, -0.15) is 0 Å². The molecule has 1 N–H and O–H groups in total. The number of rotatable bonds is 7. The predicted octanol–water partition coefficient (Wildman–Crippen LogP) is 1.57. The Morgan fingerprint density at radius 1 is 1.29 bits per heavy atom. The van der Waals surface area contributed by atoms with Gasteiger partial charge in [-0.05, 0) is 24.6 Å². The van der Waals surface area contributed by atoms with Crippen molar-refractivity contribution in [2.45, 2.75) is 13.3 Å². The number of benzene rings is 1. The summed E-state index contributed by atoms with van der Waals surface area (Å²) in [6, 6.07) is 5.41. The number of nitrogens with zero attached hydrogens (tertiary/aromatic N) is 1. The van der Waals surface area contributed by atoms with Gasteiger partial charge in [-0.25, -0.2) is 0 Å². The molecule has 1 heterocycles. The van der Waals surface area contributed by atoms with Crippen molar-refractivity contribution in [3.8, 4) is 11.5 Å². The van der Waals surface area contributed by atoms with Crippen LogP contribution in [0, 0.1) is 0 Å². The van der Waals surface area contributed by atoms with E-state index >= 15 is 0 Å². The van der Waals surface area contributed by atoms with Crippen LogP contribution in [0.4, 0.5) is 0 Å². The van der Waals surface area contributed by atoms with Gasteiger partial charge in [-0.1, -0.05) is 6.92 Å². The van der Waals surface area contributed by atoms with E-state index in [4.69, 9.17) is 9.47 Å². The van der Waals surface area contributed by atoms with Crippen LogP contribution in [0.3, 0.4) is 0 Å². The molecule has 0 saturated carbocycles. The highest BCUT2D eigenvalue weighted by atomic mass is 16.5. The summed E-state index contributed by atoms with van der Waals surface area (Å²) in [4.78, 5) is 14.5. The van der Waals surface area contributed by atoms with Crippen molar-refractivity contribution in [2.24, 2.45) is 0 Å². The number of piperazine rings is 1. The van der Waals surface area contributed by atoms with Gasteiger partial charge in [0.25, 0.3) is 0 Å². The zero-order valence-electron chi connectivity index (χ0n) is 12.9. The van der Waals surface area contributed by atoms with Gasteiger partial charge in [0.15, 0.2) is 17.3 Å². The molecule has 0 radical (unpaired) electrons. The second kappa shape index (κ2) is 8.00. The quantitative estimate of drug-likeness (QED) is 0.773. The highest BCUT2D eigenvalue weighted by molar-refractivity contribution is 5.98. The van der Waals surface area contributed by atoms with Gasteiger partial charge < -0.3 is 14.8 Å². The molecule has 0 spiro atoms. The molecule has 1 aliphatic rings. The first-order valence-electron chi connectivity index (χ1n) is 7.51. The van der Waals surface area contributed by atoms with E-state index in [1.54, 1.807) is 13.2 Å². The van der Waals surface area contributed by atoms with E-state index in [1.165, 1.54) is 0 Å². The summed E-state index contributed by atoms with van der Waals surface area (Å²) < 4.78 is 10.9. The Morgan fingerprint density at radius 2 is 2.05 bits per heavy atom. The number of Topliss-reactive ketones (excluding diaryl/α,β-unsaturated/α-hetero) is 1. The molecule has 1 aromatic carbocycles. The average molecular weight is 292 g/mol. The third-order valence-electron chi connectivity index (χ3n) is 3.52. The first-order chi connectivity index (χ1) is 10.2. The summed E-state index contributed by atoms with van der Waals surface area (Å²) in [5, 5.41) is 3.28. The Morgan fingerprint density at radius 3 is 2.71 bits per heavy atom. The highest BCUT2D eigenvalue weighted by Crippen LogP contribution is 2.28. The first-order valence-corrected chi connectivity index (χ1v) is 7.51. The van der Waals surface area contributed by atoms with Crippen molar-refractivity contribution >= 4 is 5.78 Å². The summed E-state index contributed by atoms with van der Waals surface area (Å²) in [6.07, 6.45) is 0.937. The number of ether oxygens (including phenoxy) is 2. The Kier molecular flexibility index (Phi) is 6.02. The van der Waals surface area contributed by atoms with E-state index in [0.29, 0.717) is 30.2 Å². The van der Waals surface area contributed by atoms with Gasteiger partial charge in [0.1, 0.15) is 0 Å². The van der Waals surface area contributed by atoms with Gasteiger partial charge in [-0.15, -0.1) is 0 Å². The molecule has 2 rings (SSSR count). The number of hydrogen-bond donors (Lipinski definition) is 1. The normalized spacial score (nSPS) is 15.7. The van der Waals surface area contributed by atoms with Crippen molar-refractivity contribution in [1.82, 2.24) is 10.2 Å². The molecular formula is C16H24N2O3. The number of hydrogen-bond acceptors (Lipinski definition) is 5. The molecule has 116 valence electrons. The second-order valence-corrected chi connectivity index (χ2v) is 5.16. The lowest BCUT2D eigenvalue weighted by atomic mass is 10.1. The molecule has 0 aromatic heterocycles. The molecule has 0 unspecified atom stereocenters. The Balaban J connectivity index is 2.03. The second-order valence-electron chi connectivity index (χ2n) is 5.16. The zero-order chi connectivity index (χ0) is 15.1. The topological polar surface area (TPSA) is 50.8 Å². The van der Waals surface area contributed by atoms with Crippen molar-refractivity contribution in [3.05, 3.63) is 23.8 Å².